The van der Waals surface area contributed by atoms with Gasteiger partial charge in [-0.1, -0.05) is 33.6 Å². The smallest absolute Gasteiger partial charge is 0.363 e. The number of aryl methyl sites for hydroxylation is 1. The summed E-state index contributed by atoms with van der Waals surface area (Å²) in [5.41, 5.74) is 2.91. The molecule has 4 rings (SSSR count). The first-order valence-electron chi connectivity index (χ1n) is 9.79. The number of hydrogen-bond donors (Lipinski definition) is 0. The number of carbonyl (C=O) groups excluding carboxylic acids is 2. The van der Waals surface area contributed by atoms with Crippen molar-refractivity contribution in [2.24, 2.45) is 4.99 Å². The highest BCUT2D eigenvalue weighted by molar-refractivity contribution is 14.1. The van der Waals surface area contributed by atoms with E-state index in [1.54, 1.807) is 36.4 Å². The number of cyclic esters (lactones) is 1. The summed E-state index contributed by atoms with van der Waals surface area (Å²) in [5.74, 6) is -0.122. The van der Waals surface area contributed by atoms with E-state index in [1.165, 1.54) is 7.11 Å². The fourth-order valence-corrected chi connectivity index (χ4v) is 4.13. The molecule has 166 valence electrons. The van der Waals surface area contributed by atoms with Crippen molar-refractivity contribution in [3.63, 3.8) is 0 Å². The van der Waals surface area contributed by atoms with Gasteiger partial charge in [-0.3, -0.25) is 0 Å². The van der Waals surface area contributed by atoms with Crippen molar-refractivity contribution in [2.45, 2.75) is 6.92 Å². The van der Waals surface area contributed by atoms with Crippen molar-refractivity contribution >= 4 is 62.4 Å². The second-order valence-electron chi connectivity index (χ2n) is 7.14. The Hall–Kier alpha value is -2.98. The largest absolute Gasteiger partial charge is 0.493 e. The molecule has 1 aliphatic rings. The maximum Gasteiger partial charge on any atom is 0.363 e. The predicted molar refractivity (Wildman–Crippen MR) is 137 cm³/mol. The molecule has 33 heavy (non-hydrogen) atoms. The van der Waals surface area contributed by atoms with Gasteiger partial charge < -0.3 is 14.2 Å². The molecule has 0 saturated heterocycles. The Morgan fingerprint density at radius 3 is 2.58 bits per heavy atom. The molecule has 3 aromatic rings. The number of ether oxygens (including phenoxy) is 3. The summed E-state index contributed by atoms with van der Waals surface area (Å²) in [6.45, 7) is 1.90. The molecule has 0 aromatic heterocycles. The van der Waals surface area contributed by atoms with E-state index in [9.17, 15) is 9.59 Å². The summed E-state index contributed by atoms with van der Waals surface area (Å²) < 4.78 is 18.0. The van der Waals surface area contributed by atoms with Crippen LogP contribution in [0.5, 0.6) is 11.5 Å². The van der Waals surface area contributed by atoms with Crippen LogP contribution in [0, 0.1) is 10.5 Å². The van der Waals surface area contributed by atoms with Crippen molar-refractivity contribution in [1.29, 1.82) is 0 Å². The molecule has 0 fully saturated rings. The number of rotatable bonds is 5. The van der Waals surface area contributed by atoms with Crippen LogP contribution in [-0.4, -0.2) is 24.9 Å². The third-order valence-electron chi connectivity index (χ3n) is 4.72. The molecule has 0 N–H and O–H groups in total. The molecule has 8 heteroatoms. The van der Waals surface area contributed by atoms with Gasteiger partial charge in [0, 0.05) is 10.0 Å². The Labute approximate surface area is 212 Å². The van der Waals surface area contributed by atoms with Gasteiger partial charge >= 0.3 is 11.9 Å². The lowest BCUT2D eigenvalue weighted by Gasteiger charge is -2.12. The fourth-order valence-electron chi connectivity index (χ4n) is 3.13. The van der Waals surface area contributed by atoms with Crippen LogP contribution in [-0.2, 0) is 9.53 Å². The minimum Gasteiger partial charge on any atom is -0.493 e. The summed E-state index contributed by atoms with van der Waals surface area (Å²) >= 11 is 5.44. The number of methoxy groups -OCH3 is 1. The summed E-state index contributed by atoms with van der Waals surface area (Å²) in [7, 11) is 1.49. The Morgan fingerprint density at radius 2 is 1.88 bits per heavy atom. The normalized spacial score (nSPS) is 14.1. The van der Waals surface area contributed by atoms with Crippen molar-refractivity contribution in [3.8, 4) is 11.5 Å². The molecular weight excluding hydrogens is 601 g/mol. The number of aliphatic imine (C=N–C) groups is 1. The number of esters is 2. The first kappa shape index (κ1) is 23.2. The van der Waals surface area contributed by atoms with E-state index in [0.717, 1.165) is 10.0 Å². The lowest BCUT2D eigenvalue weighted by Crippen LogP contribution is -2.10. The second kappa shape index (κ2) is 9.88. The zero-order chi connectivity index (χ0) is 23.5. The maximum atomic E-state index is 12.6. The highest BCUT2D eigenvalue weighted by atomic mass is 127. The Bertz CT molecular complexity index is 1310. The van der Waals surface area contributed by atoms with Gasteiger partial charge in [0.25, 0.3) is 0 Å². The maximum absolute atomic E-state index is 12.6. The molecule has 0 atom stereocenters. The summed E-state index contributed by atoms with van der Waals surface area (Å²) in [6, 6.07) is 17.9. The highest BCUT2D eigenvalue weighted by Crippen LogP contribution is 2.35. The summed E-state index contributed by atoms with van der Waals surface area (Å²) in [5, 5.41) is 0. The first-order valence-corrected chi connectivity index (χ1v) is 11.7. The van der Waals surface area contributed by atoms with Crippen molar-refractivity contribution in [1.82, 2.24) is 0 Å². The van der Waals surface area contributed by atoms with Crippen LogP contribution in [0.2, 0.25) is 0 Å². The molecule has 1 aliphatic heterocycles. The molecule has 3 aromatic carbocycles. The minimum atomic E-state index is -0.545. The van der Waals surface area contributed by atoms with E-state index in [4.69, 9.17) is 14.2 Å². The van der Waals surface area contributed by atoms with Crippen LogP contribution in [0.4, 0.5) is 0 Å². The van der Waals surface area contributed by atoms with E-state index in [1.807, 2.05) is 37.3 Å². The van der Waals surface area contributed by atoms with Gasteiger partial charge in [0.15, 0.2) is 17.2 Å². The minimum absolute atomic E-state index is 0.162. The quantitative estimate of drug-likeness (QED) is 0.153. The Balaban J connectivity index is 1.62. The third-order valence-corrected chi connectivity index (χ3v) is 6.05. The highest BCUT2D eigenvalue weighted by Gasteiger charge is 2.25. The monoisotopic (exact) mass is 617 g/mol. The SMILES string of the molecule is COc1cc(/C=C2\N=C(c3ccc(Br)cc3)OC2=O)cc(I)c1OC(=O)c1cccc(C)c1. The zero-order valence-corrected chi connectivity index (χ0v) is 21.3. The Kier molecular flexibility index (Phi) is 6.94. The topological polar surface area (TPSA) is 74.2 Å². The van der Waals surface area contributed by atoms with Crippen LogP contribution in [0.3, 0.4) is 0 Å². The van der Waals surface area contributed by atoms with Gasteiger partial charge in [0.2, 0.25) is 5.90 Å². The number of carbonyl (C=O) groups is 2. The predicted octanol–water partition coefficient (Wildman–Crippen LogP) is 5.93. The van der Waals surface area contributed by atoms with Gasteiger partial charge in [0.1, 0.15) is 0 Å². The molecule has 0 spiro atoms. The molecule has 0 aliphatic carbocycles. The summed E-state index contributed by atoms with van der Waals surface area (Å²) in [4.78, 5) is 29.3. The van der Waals surface area contributed by atoms with Crippen LogP contribution in [0.15, 0.2) is 75.8 Å². The molecule has 0 radical (unpaired) electrons. The van der Waals surface area contributed by atoms with Gasteiger partial charge in [-0.05, 0) is 89.7 Å². The van der Waals surface area contributed by atoms with Crippen molar-refractivity contribution in [3.05, 3.63) is 96.7 Å². The second-order valence-corrected chi connectivity index (χ2v) is 9.21. The molecular formula is C25H17BrINO5. The average Bonchev–Trinajstić information content (AvgIpc) is 3.15. The molecule has 1 heterocycles. The average molecular weight is 618 g/mol. The molecule has 0 unspecified atom stereocenters. The van der Waals surface area contributed by atoms with Crippen molar-refractivity contribution in [2.75, 3.05) is 7.11 Å². The molecule has 0 amide bonds. The zero-order valence-electron chi connectivity index (χ0n) is 17.6. The van der Waals surface area contributed by atoms with Crippen LogP contribution >= 0.6 is 38.5 Å². The van der Waals surface area contributed by atoms with Gasteiger partial charge in [-0.15, -0.1) is 0 Å². The number of benzene rings is 3. The molecule has 0 saturated carbocycles. The molecule has 6 nitrogen and oxygen atoms in total. The van der Waals surface area contributed by atoms with Crippen molar-refractivity contribution < 1.29 is 23.8 Å². The molecule has 0 bridgehead atoms. The van der Waals surface area contributed by atoms with E-state index in [-0.39, 0.29) is 11.6 Å². The lowest BCUT2D eigenvalue weighted by atomic mass is 10.1. The van der Waals surface area contributed by atoms with E-state index in [0.29, 0.717) is 31.8 Å². The van der Waals surface area contributed by atoms with E-state index in [2.05, 4.69) is 43.5 Å². The van der Waals surface area contributed by atoms with Gasteiger partial charge in [-0.25, -0.2) is 14.6 Å². The fraction of sp³-hybridized carbons (Fsp3) is 0.0800. The van der Waals surface area contributed by atoms with Gasteiger partial charge in [0.05, 0.1) is 16.2 Å². The standard InChI is InChI=1S/C25H17BrINO5/c1-14-4-3-5-17(10-14)24(29)32-22-19(27)11-15(13-21(22)31-2)12-20-25(30)33-23(28-20)16-6-8-18(26)9-7-16/h3-13H,1-2H3/b20-12-. The first-order chi connectivity index (χ1) is 15.8. The van der Waals surface area contributed by atoms with E-state index < -0.39 is 11.9 Å². The number of hydrogen-bond acceptors (Lipinski definition) is 6. The van der Waals surface area contributed by atoms with Crippen LogP contribution < -0.4 is 9.47 Å². The number of halogens is 2. The Morgan fingerprint density at radius 1 is 1.12 bits per heavy atom. The summed E-state index contributed by atoms with van der Waals surface area (Å²) in [6.07, 6.45) is 1.60. The third kappa shape index (κ3) is 5.33. The van der Waals surface area contributed by atoms with Gasteiger partial charge in [-0.2, -0.15) is 0 Å². The lowest BCUT2D eigenvalue weighted by molar-refractivity contribution is -0.129. The van der Waals surface area contributed by atoms with Crippen LogP contribution in [0.25, 0.3) is 6.08 Å². The van der Waals surface area contributed by atoms with E-state index >= 15 is 0 Å². The number of nitrogens with zero attached hydrogens (tertiary/aromatic N) is 1. The van der Waals surface area contributed by atoms with Crippen LogP contribution in [0.1, 0.15) is 27.0 Å².